The average Bonchev–Trinajstić information content (AvgIpc) is 3.55. The number of carbonyl (C=O) groups excluding carboxylic acids is 4. The summed E-state index contributed by atoms with van der Waals surface area (Å²) in [6, 6.07) is 12.8. The quantitative estimate of drug-likeness (QED) is 0.144. The number of Topliss-reactive ketones (excluding diaryl/α,β-unsaturated/α-hetero) is 1. The van der Waals surface area contributed by atoms with Gasteiger partial charge in [0.05, 0.1) is 16.8 Å². The molecule has 2 aliphatic carbocycles. The molecule has 0 N–H and O–H groups in total. The zero-order valence-corrected chi connectivity index (χ0v) is 18.6. The number of non-ortho nitro benzene ring substituents is 1. The van der Waals surface area contributed by atoms with E-state index in [1.807, 2.05) is 18.2 Å². The molecule has 2 amide bonds. The first-order valence-electron chi connectivity index (χ1n) is 11.4. The molecule has 9 heteroatoms. The molecule has 1 saturated heterocycles. The van der Waals surface area contributed by atoms with Gasteiger partial charge < -0.3 is 4.74 Å². The number of ketones is 1. The predicted molar refractivity (Wildman–Crippen MR) is 122 cm³/mol. The van der Waals surface area contributed by atoms with Crippen molar-refractivity contribution >= 4 is 29.3 Å². The molecule has 2 bridgehead atoms. The topological polar surface area (TPSA) is 124 Å². The van der Waals surface area contributed by atoms with Gasteiger partial charge in [-0.3, -0.25) is 29.4 Å². The van der Waals surface area contributed by atoms with Crippen LogP contribution in [0.15, 0.2) is 66.7 Å². The van der Waals surface area contributed by atoms with Crippen LogP contribution in [-0.4, -0.2) is 46.0 Å². The Morgan fingerprint density at radius 3 is 2.14 bits per heavy atom. The van der Waals surface area contributed by atoms with Gasteiger partial charge in [-0.05, 0) is 36.0 Å². The molecule has 0 unspecified atom stereocenters. The van der Waals surface area contributed by atoms with Gasteiger partial charge in [0, 0.05) is 24.1 Å². The number of nitrogens with zero attached hydrogens (tertiary/aromatic N) is 2. The Balaban J connectivity index is 1.34. The normalized spacial score (nSPS) is 25.0. The molecule has 0 spiro atoms. The van der Waals surface area contributed by atoms with Crippen LogP contribution in [-0.2, 0) is 25.5 Å². The average molecular weight is 474 g/mol. The standard InChI is InChI=1S/C26H22N2O7/c29-21(16-8-10-19(11-9-16)28(33)34)14-35-26(32)20(12-15-4-2-1-3-5-15)27-24(30)22-17-6-7-18(13-17)23(22)25(27)31/h1-11,17-18,20,22-23H,12-14H2/t17-,18+,20-,22+,23+/m1/s1. The van der Waals surface area contributed by atoms with Gasteiger partial charge in [0.15, 0.2) is 12.4 Å². The number of likely N-dealkylation sites (tertiary alicyclic amines) is 1. The molecule has 1 aliphatic heterocycles. The molecule has 0 aromatic heterocycles. The maximum absolute atomic E-state index is 13.3. The number of hydrogen-bond donors (Lipinski definition) is 0. The number of fused-ring (bicyclic) bond motifs is 5. The molecule has 1 heterocycles. The van der Waals surface area contributed by atoms with E-state index in [1.54, 1.807) is 24.3 Å². The first kappa shape index (κ1) is 22.6. The summed E-state index contributed by atoms with van der Waals surface area (Å²) in [7, 11) is 0. The summed E-state index contributed by atoms with van der Waals surface area (Å²) in [5, 5.41) is 10.8. The minimum absolute atomic E-state index is 0.00330. The van der Waals surface area contributed by atoms with Crippen molar-refractivity contribution in [3.63, 3.8) is 0 Å². The van der Waals surface area contributed by atoms with Crippen LogP contribution in [0.2, 0.25) is 0 Å². The lowest BCUT2D eigenvalue weighted by Gasteiger charge is -2.26. The second-order valence-corrected chi connectivity index (χ2v) is 9.09. The highest BCUT2D eigenvalue weighted by atomic mass is 16.6. The molecule has 178 valence electrons. The monoisotopic (exact) mass is 474 g/mol. The van der Waals surface area contributed by atoms with Crippen LogP contribution in [0.4, 0.5) is 5.69 Å². The van der Waals surface area contributed by atoms with E-state index in [0.29, 0.717) is 0 Å². The molecule has 0 radical (unpaired) electrons. The van der Waals surface area contributed by atoms with E-state index in [-0.39, 0.29) is 41.3 Å². The summed E-state index contributed by atoms with van der Waals surface area (Å²) >= 11 is 0. The number of esters is 1. The molecule has 35 heavy (non-hydrogen) atoms. The zero-order chi connectivity index (χ0) is 24.7. The number of nitro groups is 1. The zero-order valence-electron chi connectivity index (χ0n) is 18.6. The molecule has 5 atom stereocenters. The van der Waals surface area contributed by atoms with Crippen molar-refractivity contribution in [2.24, 2.45) is 23.7 Å². The number of benzene rings is 2. The Morgan fingerprint density at radius 2 is 1.57 bits per heavy atom. The van der Waals surface area contributed by atoms with Gasteiger partial charge in [-0.25, -0.2) is 4.79 Å². The Morgan fingerprint density at radius 1 is 0.971 bits per heavy atom. The van der Waals surface area contributed by atoms with Crippen molar-refractivity contribution in [1.82, 2.24) is 4.90 Å². The van der Waals surface area contributed by atoms with Gasteiger partial charge in [0.25, 0.3) is 5.69 Å². The largest absolute Gasteiger partial charge is 0.456 e. The lowest BCUT2D eigenvalue weighted by atomic mass is 9.85. The lowest BCUT2D eigenvalue weighted by molar-refractivity contribution is -0.384. The second-order valence-electron chi connectivity index (χ2n) is 9.09. The molecule has 5 rings (SSSR count). The van der Waals surface area contributed by atoms with E-state index < -0.39 is 41.2 Å². The van der Waals surface area contributed by atoms with Crippen LogP contribution in [0.5, 0.6) is 0 Å². The molecule has 1 saturated carbocycles. The van der Waals surface area contributed by atoms with Crippen molar-refractivity contribution in [1.29, 1.82) is 0 Å². The summed E-state index contributed by atoms with van der Waals surface area (Å²) in [6.45, 7) is -0.613. The fourth-order valence-corrected chi connectivity index (χ4v) is 5.44. The molecular weight excluding hydrogens is 452 g/mol. The van der Waals surface area contributed by atoms with Gasteiger partial charge in [-0.2, -0.15) is 0 Å². The molecule has 2 fully saturated rings. The molecule has 3 aliphatic rings. The maximum atomic E-state index is 13.3. The first-order chi connectivity index (χ1) is 16.8. The minimum Gasteiger partial charge on any atom is -0.456 e. The Hall–Kier alpha value is -4.14. The van der Waals surface area contributed by atoms with Crippen LogP contribution in [0.1, 0.15) is 22.3 Å². The minimum atomic E-state index is -1.19. The molecule has 2 aromatic carbocycles. The van der Waals surface area contributed by atoms with Gasteiger partial charge in [-0.15, -0.1) is 0 Å². The first-order valence-corrected chi connectivity index (χ1v) is 11.4. The van der Waals surface area contributed by atoms with Gasteiger partial charge in [0.1, 0.15) is 6.04 Å². The van der Waals surface area contributed by atoms with E-state index in [1.165, 1.54) is 24.3 Å². The van der Waals surface area contributed by atoms with Crippen molar-refractivity contribution in [2.45, 2.75) is 18.9 Å². The van der Waals surface area contributed by atoms with E-state index in [9.17, 15) is 29.3 Å². The highest BCUT2D eigenvalue weighted by Gasteiger charge is 2.61. The third kappa shape index (κ3) is 4.03. The SMILES string of the molecule is O=C(COC(=O)[C@@H](Cc1ccccc1)N1C(=O)[C@@H]2[C@@H](C1=O)[C@H]1C=C[C@@H]2C1)c1ccc([N+](=O)[O-])cc1. The highest BCUT2D eigenvalue weighted by Crippen LogP contribution is 2.53. The second kappa shape index (κ2) is 8.90. The lowest BCUT2D eigenvalue weighted by Crippen LogP contribution is -2.48. The van der Waals surface area contributed by atoms with Crippen LogP contribution >= 0.6 is 0 Å². The van der Waals surface area contributed by atoms with Crippen LogP contribution in [0.25, 0.3) is 0 Å². The Kier molecular flexibility index (Phi) is 5.76. The summed E-state index contributed by atoms with van der Waals surface area (Å²) in [5.41, 5.74) is 0.727. The van der Waals surface area contributed by atoms with Crippen LogP contribution < -0.4 is 0 Å². The predicted octanol–water partition coefficient (Wildman–Crippen LogP) is 2.74. The maximum Gasteiger partial charge on any atom is 0.330 e. The highest BCUT2D eigenvalue weighted by molar-refractivity contribution is 6.09. The van der Waals surface area contributed by atoms with E-state index >= 15 is 0 Å². The summed E-state index contributed by atoms with van der Waals surface area (Å²) in [4.78, 5) is 63.6. The van der Waals surface area contributed by atoms with E-state index in [4.69, 9.17) is 4.74 Å². The Bertz CT molecular complexity index is 1210. The molecule has 2 aromatic rings. The summed E-state index contributed by atoms with van der Waals surface area (Å²) < 4.78 is 5.29. The summed E-state index contributed by atoms with van der Waals surface area (Å²) in [5.74, 6) is -3.02. The number of imide groups is 1. The smallest absolute Gasteiger partial charge is 0.330 e. The number of nitro benzene ring substituents is 1. The number of carbonyl (C=O) groups is 4. The van der Waals surface area contributed by atoms with Gasteiger partial charge >= 0.3 is 5.97 Å². The van der Waals surface area contributed by atoms with Crippen molar-refractivity contribution in [3.8, 4) is 0 Å². The number of amides is 2. The van der Waals surface area contributed by atoms with Crippen molar-refractivity contribution in [3.05, 3.63) is 88.0 Å². The third-order valence-corrected chi connectivity index (χ3v) is 7.11. The van der Waals surface area contributed by atoms with Crippen molar-refractivity contribution < 1.29 is 28.8 Å². The fraction of sp³-hybridized carbons (Fsp3) is 0.308. The Labute approximate surface area is 200 Å². The number of rotatable bonds is 8. The molecular formula is C26H22N2O7. The molecule has 9 nitrogen and oxygen atoms in total. The third-order valence-electron chi connectivity index (χ3n) is 7.11. The van der Waals surface area contributed by atoms with Gasteiger partial charge in [0.2, 0.25) is 11.8 Å². The number of ether oxygens (including phenoxy) is 1. The van der Waals surface area contributed by atoms with E-state index in [0.717, 1.165) is 16.9 Å². The van der Waals surface area contributed by atoms with Crippen LogP contribution in [0.3, 0.4) is 0 Å². The van der Waals surface area contributed by atoms with Crippen molar-refractivity contribution in [2.75, 3.05) is 6.61 Å². The van der Waals surface area contributed by atoms with E-state index in [2.05, 4.69) is 0 Å². The summed E-state index contributed by atoms with van der Waals surface area (Å²) in [6.07, 6.45) is 4.81. The number of hydrogen-bond acceptors (Lipinski definition) is 7. The van der Waals surface area contributed by atoms with Crippen LogP contribution in [0, 0.1) is 33.8 Å². The van der Waals surface area contributed by atoms with Gasteiger partial charge in [-0.1, -0.05) is 42.5 Å². The fourth-order valence-electron chi connectivity index (χ4n) is 5.44. The number of allylic oxidation sites excluding steroid dienone is 2.